The van der Waals surface area contributed by atoms with Crippen LogP contribution in [0.15, 0.2) is 115 Å². The number of halogens is 6. The largest absolute Gasteiger partial charge is 0.497 e. The number of nitrogens with one attached hydrogen (secondary N) is 2. The highest BCUT2D eigenvalue weighted by Gasteiger charge is 2.32. The van der Waals surface area contributed by atoms with Crippen molar-refractivity contribution in [2.24, 2.45) is 0 Å². The summed E-state index contributed by atoms with van der Waals surface area (Å²) in [7, 11) is 1.49. The summed E-state index contributed by atoms with van der Waals surface area (Å²) in [4.78, 5) is 27.2. The molecule has 13 heteroatoms. The fourth-order valence-corrected chi connectivity index (χ4v) is 4.51. The first-order chi connectivity index (χ1) is 22.3. The number of nitrogens with zero attached hydrogens (tertiary/aromatic N) is 2. The topological polar surface area (TPSA) is 85.2 Å². The SMILES string of the molecule is COc1ccc(-c2nn(-c3ccccc3)cc2C=C(C(=O)Nc2cccc(C(F)(F)F)c2)C(=O)Nc2cccc(C(F)(F)F)c2)cc1. The van der Waals surface area contributed by atoms with Crippen molar-refractivity contribution in [3.63, 3.8) is 0 Å². The van der Waals surface area contributed by atoms with Crippen LogP contribution < -0.4 is 15.4 Å². The molecule has 2 amide bonds. The molecule has 0 aliphatic carbocycles. The van der Waals surface area contributed by atoms with Crippen molar-refractivity contribution < 1.29 is 40.7 Å². The van der Waals surface area contributed by atoms with E-state index in [-0.39, 0.29) is 16.9 Å². The zero-order chi connectivity index (χ0) is 33.8. The van der Waals surface area contributed by atoms with Gasteiger partial charge < -0.3 is 15.4 Å². The number of ether oxygens (including phenoxy) is 1. The van der Waals surface area contributed by atoms with E-state index in [1.807, 2.05) is 0 Å². The summed E-state index contributed by atoms with van der Waals surface area (Å²) in [6.45, 7) is 0. The van der Waals surface area contributed by atoms with Gasteiger partial charge in [0.1, 0.15) is 11.3 Å². The van der Waals surface area contributed by atoms with Crippen molar-refractivity contribution in [2.75, 3.05) is 17.7 Å². The summed E-state index contributed by atoms with van der Waals surface area (Å²) in [6, 6.07) is 23.2. The molecule has 0 fully saturated rings. The number of alkyl halides is 6. The van der Waals surface area contributed by atoms with E-state index in [4.69, 9.17) is 4.74 Å². The number of carbonyl (C=O) groups is 2. The Morgan fingerprint density at radius 2 is 1.26 bits per heavy atom. The molecule has 47 heavy (non-hydrogen) atoms. The van der Waals surface area contributed by atoms with Crippen LogP contribution in [-0.2, 0) is 21.9 Å². The molecule has 0 spiro atoms. The van der Waals surface area contributed by atoms with Gasteiger partial charge in [0, 0.05) is 28.7 Å². The van der Waals surface area contributed by atoms with Crippen molar-refractivity contribution in [3.05, 3.63) is 132 Å². The van der Waals surface area contributed by atoms with Gasteiger partial charge in [-0.25, -0.2) is 4.68 Å². The van der Waals surface area contributed by atoms with Gasteiger partial charge in [-0.1, -0.05) is 30.3 Å². The van der Waals surface area contributed by atoms with Crippen molar-refractivity contribution in [3.8, 4) is 22.7 Å². The quantitative estimate of drug-likeness (QED) is 0.0767. The maximum atomic E-state index is 13.6. The van der Waals surface area contributed by atoms with Crippen molar-refractivity contribution in [1.29, 1.82) is 0 Å². The van der Waals surface area contributed by atoms with E-state index >= 15 is 0 Å². The fraction of sp³-hybridized carbons (Fsp3) is 0.0882. The molecule has 1 aromatic heterocycles. The number of benzene rings is 4. The average Bonchev–Trinajstić information content (AvgIpc) is 3.47. The predicted octanol–water partition coefficient (Wildman–Crippen LogP) is 8.25. The Hall–Kier alpha value is -5.85. The Bertz CT molecular complexity index is 1860. The molecule has 5 rings (SSSR count). The van der Waals surface area contributed by atoms with Crippen LogP contribution in [-0.4, -0.2) is 28.7 Å². The van der Waals surface area contributed by atoms with Gasteiger partial charge in [0.05, 0.1) is 29.6 Å². The summed E-state index contributed by atoms with van der Waals surface area (Å²) >= 11 is 0. The molecular formula is C34H24F6N4O3. The first-order valence-electron chi connectivity index (χ1n) is 13.8. The first kappa shape index (κ1) is 32.5. The van der Waals surface area contributed by atoms with Gasteiger partial charge >= 0.3 is 12.4 Å². The molecule has 0 unspecified atom stereocenters. The Labute approximate surface area is 264 Å². The highest BCUT2D eigenvalue weighted by molar-refractivity contribution is 6.29. The molecule has 1 heterocycles. The van der Waals surface area contributed by atoms with E-state index in [1.54, 1.807) is 54.6 Å². The lowest BCUT2D eigenvalue weighted by Gasteiger charge is -2.13. The number of carbonyl (C=O) groups excluding carboxylic acids is 2. The van der Waals surface area contributed by atoms with Crippen molar-refractivity contribution in [2.45, 2.75) is 12.4 Å². The van der Waals surface area contributed by atoms with Crippen molar-refractivity contribution >= 4 is 29.3 Å². The van der Waals surface area contributed by atoms with Crippen LogP contribution in [0.2, 0.25) is 0 Å². The molecule has 5 aromatic rings. The smallest absolute Gasteiger partial charge is 0.416 e. The van der Waals surface area contributed by atoms with E-state index in [9.17, 15) is 35.9 Å². The number of anilines is 2. The number of hydrogen-bond acceptors (Lipinski definition) is 4. The van der Waals surface area contributed by atoms with E-state index in [1.165, 1.54) is 30.1 Å². The van der Waals surface area contributed by atoms with Gasteiger partial charge in [-0.15, -0.1) is 0 Å². The third-order valence-corrected chi connectivity index (χ3v) is 6.81. The normalized spacial score (nSPS) is 11.5. The van der Waals surface area contributed by atoms with Gasteiger partial charge in [0.15, 0.2) is 0 Å². The average molecular weight is 651 g/mol. The zero-order valence-electron chi connectivity index (χ0n) is 24.4. The van der Waals surface area contributed by atoms with Gasteiger partial charge in [0.25, 0.3) is 11.8 Å². The van der Waals surface area contributed by atoms with Crippen LogP contribution in [0.3, 0.4) is 0 Å². The van der Waals surface area contributed by atoms with Crippen LogP contribution in [0.4, 0.5) is 37.7 Å². The molecule has 4 aromatic carbocycles. The second-order valence-electron chi connectivity index (χ2n) is 10.1. The molecule has 240 valence electrons. The number of para-hydroxylation sites is 1. The molecule has 0 saturated heterocycles. The van der Waals surface area contributed by atoms with Gasteiger partial charge in [-0.3, -0.25) is 9.59 Å². The summed E-state index contributed by atoms with van der Waals surface area (Å²) in [5, 5.41) is 9.24. The summed E-state index contributed by atoms with van der Waals surface area (Å²) in [5.41, 5.74) is -1.49. The first-order valence-corrected chi connectivity index (χ1v) is 13.8. The maximum Gasteiger partial charge on any atom is 0.416 e. The van der Waals surface area contributed by atoms with E-state index in [0.29, 0.717) is 34.8 Å². The number of rotatable bonds is 8. The summed E-state index contributed by atoms with van der Waals surface area (Å²) in [5.74, 6) is -1.70. The molecular weight excluding hydrogens is 626 g/mol. The Morgan fingerprint density at radius 3 is 1.74 bits per heavy atom. The van der Waals surface area contributed by atoms with E-state index in [0.717, 1.165) is 30.3 Å². The number of hydrogen-bond donors (Lipinski definition) is 2. The zero-order valence-corrected chi connectivity index (χ0v) is 24.4. The van der Waals surface area contributed by atoms with Gasteiger partial charge in [-0.05, 0) is 78.9 Å². The van der Waals surface area contributed by atoms with E-state index < -0.39 is 40.9 Å². The van der Waals surface area contributed by atoms with Gasteiger partial charge in [-0.2, -0.15) is 31.4 Å². The minimum atomic E-state index is -4.71. The summed E-state index contributed by atoms with van der Waals surface area (Å²) in [6.07, 6.45) is -6.72. The van der Waals surface area contributed by atoms with Gasteiger partial charge in [0.2, 0.25) is 0 Å². The Kier molecular flexibility index (Phi) is 9.17. The molecule has 0 atom stereocenters. The standard InChI is InChI=1S/C34H24F6N4O3/c1-47-28-15-13-21(14-16-28)30-22(20-44(43-30)27-11-3-2-4-12-27)17-29(31(45)41-25-9-5-7-23(18-25)33(35,36)37)32(46)42-26-10-6-8-24(19-26)34(38,39)40/h2-20H,1H3,(H,41,45)(H,42,46). The fourth-order valence-electron chi connectivity index (χ4n) is 4.51. The van der Waals surface area contributed by atoms with Crippen LogP contribution in [0.25, 0.3) is 23.0 Å². The lowest BCUT2D eigenvalue weighted by molar-refractivity contribution is -0.138. The molecule has 2 N–H and O–H groups in total. The maximum absolute atomic E-state index is 13.6. The molecule has 0 aliphatic heterocycles. The lowest BCUT2D eigenvalue weighted by atomic mass is 10.0. The Balaban J connectivity index is 1.61. The molecule has 0 aliphatic rings. The lowest BCUT2D eigenvalue weighted by Crippen LogP contribution is -2.25. The third kappa shape index (κ3) is 7.87. The molecule has 7 nitrogen and oxygen atoms in total. The van der Waals surface area contributed by atoms with Crippen molar-refractivity contribution in [1.82, 2.24) is 9.78 Å². The monoisotopic (exact) mass is 650 g/mol. The van der Waals surface area contributed by atoms with Crippen LogP contribution in [0.1, 0.15) is 16.7 Å². The number of aromatic nitrogens is 2. The van der Waals surface area contributed by atoms with Crippen LogP contribution >= 0.6 is 0 Å². The van der Waals surface area contributed by atoms with Crippen LogP contribution in [0, 0.1) is 0 Å². The second kappa shape index (κ2) is 13.3. The minimum absolute atomic E-state index is 0.243. The van der Waals surface area contributed by atoms with Crippen LogP contribution in [0.5, 0.6) is 5.75 Å². The molecule has 0 bridgehead atoms. The highest BCUT2D eigenvalue weighted by Crippen LogP contribution is 2.33. The highest BCUT2D eigenvalue weighted by atomic mass is 19.4. The molecule has 0 radical (unpaired) electrons. The Morgan fingerprint density at radius 1 is 0.723 bits per heavy atom. The molecule has 0 saturated carbocycles. The second-order valence-corrected chi connectivity index (χ2v) is 10.1. The summed E-state index contributed by atoms with van der Waals surface area (Å²) < 4.78 is 86.8. The number of methoxy groups -OCH3 is 1. The third-order valence-electron chi connectivity index (χ3n) is 6.81. The number of amides is 2. The predicted molar refractivity (Wildman–Crippen MR) is 164 cm³/mol. The van der Waals surface area contributed by atoms with E-state index in [2.05, 4.69) is 15.7 Å². The minimum Gasteiger partial charge on any atom is -0.497 e.